The van der Waals surface area contributed by atoms with Gasteiger partial charge < -0.3 is 9.84 Å². The van der Waals surface area contributed by atoms with Gasteiger partial charge in [0.1, 0.15) is 18.1 Å². The summed E-state index contributed by atoms with van der Waals surface area (Å²) in [5.41, 5.74) is 1.90. The molecule has 1 saturated heterocycles. The normalized spacial score (nSPS) is 15.7. The van der Waals surface area contributed by atoms with Crippen LogP contribution in [0.25, 0.3) is 6.08 Å². The second-order valence-electron chi connectivity index (χ2n) is 5.83. The molecular formula is C19H15I2NO4S. The molecule has 0 radical (unpaired) electrons. The largest absolute Gasteiger partial charge is 0.506 e. The number of aryl methyl sites for hydroxylation is 1. The number of rotatable bonds is 5. The number of benzene rings is 2. The first-order valence-electron chi connectivity index (χ1n) is 7.98. The number of carbonyl (C=O) groups excluding carboxylic acids is 2. The van der Waals surface area contributed by atoms with E-state index in [0.717, 1.165) is 22.9 Å². The monoisotopic (exact) mass is 607 g/mol. The topological polar surface area (TPSA) is 66.8 Å². The second-order valence-corrected chi connectivity index (χ2v) is 9.15. The Bertz CT molecular complexity index is 905. The molecule has 3 rings (SSSR count). The van der Waals surface area contributed by atoms with Gasteiger partial charge in [-0.3, -0.25) is 14.5 Å². The lowest BCUT2D eigenvalue weighted by molar-refractivity contribution is -0.123. The fraction of sp³-hybridized carbons (Fsp3) is 0.158. The van der Waals surface area contributed by atoms with E-state index in [1.807, 2.05) is 76.4 Å². The summed E-state index contributed by atoms with van der Waals surface area (Å²) in [5.74, 6) is 0.599. The standard InChI is InChI=1S/C19H15I2NO4S/c1-11-2-4-13(5-3-11)26-7-6-22-18(24)16(27-19(22)25)10-12-8-14(20)17(23)15(21)9-12/h2-5,8-10,23H,6-7H2,1H3/b16-10-. The van der Waals surface area contributed by atoms with Gasteiger partial charge in [-0.25, -0.2) is 0 Å². The molecule has 0 unspecified atom stereocenters. The van der Waals surface area contributed by atoms with E-state index in [2.05, 4.69) is 0 Å². The molecule has 0 aromatic heterocycles. The summed E-state index contributed by atoms with van der Waals surface area (Å²) in [6.07, 6.45) is 1.68. The van der Waals surface area contributed by atoms with E-state index < -0.39 is 0 Å². The van der Waals surface area contributed by atoms with Gasteiger partial charge in [-0.2, -0.15) is 0 Å². The molecule has 2 aromatic carbocycles. The first kappa shape index (κ1) is 20.5. The Morgan fingerprint density at radius 2 is 1.78 bits per heavy atom. The van der Waals surface area contributed by atoms with Crippen molar-refractivity contribution in [2.45, 2.75) is 6.92 Å². The number of ether oxygens (including phenoxy) is 1. The second kappa shape index (κ2) is 8.82. The van der Waals surface area contributed by atoms with Crippen LogP contribution in [-0.4, -0.2) is 34.3 Å². The highest BCUT2D eigenvalue weighted by molar-refractivity contribution is 14.1. The molecule has 5 nitrogen and oxygen atoms in total. The van der Waals surface area contributed by atoms with Crippen LogP contribution in [0.2, 0.25) is 0 Å². The minimum atomic E-state index is -0.324. The number of halogens is 2. The minimum absolute atomic E-state index is 0.195. The van der Waals surface area contributed by atoms with Crippen LogP contribution in [0.5, 0.6) is 11.5 Å². The quantitative estimate of drug-likeness (QED) is 0.382. The summed E-state index contributed by atoms with van der Waals surface area (Å²) in [5, 5.41) is 9.55. The molecule has 140 valence electrons. The Hall–Kier alpha value is -1.27. The molecule has 2 aromatic rings. The molecule has 27 heavy (non-hydrogen) atoms. The summed E-state index contributed by atoms with van der Waals surface area (Å²) in [4.78, 5) is 26.3. The summed E-state index contributed by atoms with van der Waals surface area (Å²) in [6.45, 7) is 2.43. The van der Waals surface area contributed by atoms with E-state index in [-0.39, 0.29) is 30.0 Å². The molecule has 2 amide bonds. The first-order valence-corrected chi connectivity index (χ1v) is 11.0. The summed E-state index contributed by atoms with van der Waals surface area (Å²) in [6, 6.07) is 11.1. The van der Waals surface area contributed by atoms with Crippen molar-refractivity contribution < 1.29 is 19.4 Å². The lowest BCUT2D eigenvalue weighted by Crippen LogP contribution is -2.32. The van der Waals surface area contributed by atoms with Crippen LogP contribution in [0, 0.1) is 14.1 Å². The van der Waals surface area contributed by atoms with Gasteiger partial charge in [0.2, 0.25) is 0 Å². The third-order valence-corrected chi connectivity index (χ3v) is 6.37. The van der Waals surface area contributed by atoms with Crippen molar-refractivity contribution in [2.75, 3.05) is 13.2 Å². The average Bonchev–Trinajstić information content (AvgIpc) is 2.88. The maximum Gasteiger partial charge on any atom is 0.293 e. The molecule has 1 aliphatic heterocycles. The summed E-state index contributed by atoms with van der Waals surface area (Å²) < 4.78 is 7.00. The van der Waals surface area contributed by atoms with Crippen LogP contribution in [0.3, 0.4) is 0 Å². The molecule has 1 N–H and O–H groups in total. The van der Waals surface area contributed by atoms with Gasteiger partial charge >= 0.3 is 0 Å². The predicted octanol–water partition coefficient (Wildman–Crippen LogP) is 5.03. The molecule has 1 heterocycles. The van der Waals surface area contributed by atoms with Gasteiger partial charge in [0.05, 0.1) is 18.6 Å². The summed E-state index contributed by atoms with van der Waals surface area (Å²) >= 11 is 4.98. The molecule has 8 heteroatoms. The number of imide groups is 1. The smallest absolute Gasteiger partial charge is 0.293 e. The zero-order valence-corrected chi connectivity index (χ0v) is 19.4. The van der Waals surface area contributed by atoms with Crippen LogP contribution in [0.4, 0.5) is 4.79 Å². The third-order valence-electron chi connectivity index (χ3n) is 3.82. The highest BCUT2D eigenvalue weighted by Crippen LogP contribution is 2.34. The Morgan fingerprint density at radius 1 is 1.15 bits per heavy atom. The fourth-order valence-corrected chi connectivity index (χ4v) is 5.08. The van der Waals surface area contributed by atoms with Crippen LogP contribution < -0.4 is 4.74 Å². The summed E-state index contributed by atoms with van der Waals surface area (Å²) in [7, 11) is 0. The van der Waals surface area contributed by atoms with E-state index in [1.165, 1.54) is 4.90 Å². The molecule has 0 spiro atoms. The van der Waals surface area contributed by atoms with Gasteiger partial charge in [-0.05, 0) is 99.8 Å². The van der Waals surface area contributed by atoms with E-state index in [0.29, 0.717) is 17.8 Å². The van der Waals surface area contributed by atoms with Crippen molar-refractivity contribution in [3.8, 4) is 11.5 Å². The Kier molecular flexibility index (Phi) is 6.69. The predicted molar refractivity (Wildman–Crippen MR) is 123 cm³/mol. The van der Waals surface area contributed by atoms with Gasteiger partial charge in [-0.15, -0.1) is 0 Å². The number of phenols is 1. The number of aromatic hydroxyl groups is 1. The number of thioether (sulfide) groups is 1. The van der Waals surface area contributed by atoms with Crippen LogP contribution >= 0.6 is 56.9 Å². The van der Waals surface area contributed by atoms with Crippen LogP contribution in [-0.2, 0) is 4.79 Å². The number of hydrogen-bond donors (Lipinski definition) is 1. The SMILES string of the molecule is Cc1ccc(OCCN2C(=O)S/C(=C\c3cc(I)c(O)c(I)c3)C2=O)cc1. The van der Waals surface area contributed by atoms with Gasteiger partial charge in [0.25, 0.3) is 11.1 Å². The van der Waals surface area contributed by atoms with E-state index in [4.69, 9.17) is 4.74 Å². The third kappa shape index (κ3) is 4.96. The maximum absolute atomic E-state index is 12.6. The molecular weight excluding hydrogens is 592 g/mol. The Labute approximate surface area is 188 Å². The highest BCUT2D eigenvalue weighted by Gasteiger charge is 2.34. The lowest BCUT2D eigenvalue weighted by Gasteiger charge is -2.13. The van der Waals surface area contributed by atoms with E-state index >= 15 is 0 Å². The molecule has 1 fully saturated rings. The van der Waals surface area contributed by atoms with Crippen molar-refractivity contribution >= 4 is 74.2 Å². The number of carbonyl (C=O) groups is 2. The molecule has 0 aliphatic carbocycles. The number of phenolic OH excluding ortho intramolecular Hbond substituents is 1. The molecule has 0 saturated carbocycles. The van der Waals surface area contributed by atoms with Crippen molar-refractivity contribution in [1.82, 2.24) is 4.90 Å². The van der Waals surface area contributed by atoms with Gasteiger partial charge in [0.15, 0.2) is 0 Å². The van der Waals surface area contributed by atoms with Crippen LogP contribution in [0.15, 0.2) is 41.3 Å². The molecule has 0 bridgehead atoms. The number of amides is 2. The van der Waals surface area contributed by atoms with Crippen molar-refractivity contribution in [3.05, 3.63) is 59.6 Å². The van der Waals surface area contributed by atoms with Crippen molar-refractivity contribution in [2.24, 2.45) is 0 Å². The van der Waals surface area contributed by atoms with Gasteiger partial charge in [0, 0.05) is 0 Å². The van der Waals surface area contributed by atoms with Gasteiger partial charge in [-0.1, -0.05) is 17.7 Å². The van der Waals surface area contributed by atoms with E-state index in [9.17, 15) is 14.7 Å². The van der Waals surface area contributed by atoms with Crippen LogP contribution in [0.1, 0.15) is 11.1 Å². The minimum Gasteiger partial charge on any atom is -0.506 e. The zero-order valence-electron chi connectivity index (χ0n) is 14.2. The van der Waals surface area contributed by atoms with Crippen molar-refractivity contribution in [3.63, 3.8) is 0 Å². The lowest BCUT2D eigenvalue weighted by atomic mass is 10.2. The molecule has 0 atom stereocenters. The average molecular weight is 607 g/mol. The Balaban J connectivity index is 1.66. The Morgan fingerprint density at radius 3 is 2.41 bits per heavy atom. The first-order chi connectivity index (χ1) is 12.8. The zero-order chi connectivity index (χ0) is 19.6. The molecule has 1 aliphatic rings. The van der Waals surface area contributed by atoms with E-state index in [1.54, 1.807) is 18.2 Å². The maximum atomic E-state index is 12.6. The number of hydrogen-bond acceptors (Lipinski definition) is 5. The van der Waals surface area contributed by atoms with Crippen molar-refractivity contribution in [1.29, 1.82) is 0 Å². The number of nitrogens with zero attached hydrogens (tertiary/aromatic N) is 1. The highest BCUT2D eigenvalue weighted by atomic mass is 127. The fourth-order valence-electron chi connectivity index (χ4n) is 2.40.